The van der Waals surface area contributed by atoms with Crippen molar-refractivity contribution >= 4 is 11.3 Å². The van der Waals surface area contributed by atoms with Gasteiger partial charge in [0, 0.05) is 6.54 Å². The zero-order valence-electron chi connectivity index (χ0n) is 11.0. The summed E-state index contributed by atoms with van der Waals surface area (Å²) < 4.78 is 19.0. The number of aryl methyl sites for hydroxylation is 1. The lowest BCUT2D eigenvalue weighted by atomic mass is 10.2. The highest BCUT2D eigenvalue weighted by atomic mass is 32.1. The highest BCUT2D eigenvalue weighted by Crippen LogP contribution is 2.19. The summed E-state index contributed by atoms with van der Waals surface area (Å²) in [5, 5.41) is 7.52. The normalized spacial score (nSPS) is 10.6. The fourth-order valence-corrected chi connectivity index (χ4v) is 2.46. The third kappa shape index (κ3) is 4.33. The van der Waals surface area contributed by atoms with Crippen LogP contribution in [-0.4, -0.2) is 19.7 Å². The molecule has 2 nitrogen and oxygen atoms in total. The van der Waals surface area contributed by atoms with Crippen molar-refractivity contribution in [2.45, 2.75) is 13.3 Å². The van der Waals surface area contributed by atoms with Crippen LogP contribution >= 0.6 is 11.3 Å². The minimum absolute atomic E-state index is 0.263. The average Bonchev–Trinajstić information content (AvgIpc) is 2.91. The van der Waals surface area contributed by atoms with E-state index in [0.717, 1.165) is 19.5 Å². The first-order valence-electron chi connectivity index (χ1n) is 6.37. The summed E-state index contributed by atoms with van der Waals surface area (Å²) in [4.78, 5) is 0. The van der Waals surface area contributed by atoms with Crippen molar-refractivity contribution in [1.82, 2.24) is 5.32 Å². The van der Waals surface area contributed by atoms with Gasteiger partial charge in [-0.15, -0.1) is 0 Å². The standard InChI is InChI=1S/C15H18FNOS/c1-12-3-2-4-14(15(12)16)18-9-8-17-7-5-13-6-10-19-11-13/h2-4,6,10-11,17H,5,7-9H2,1H3. The molecule has 0 spiro atoms. The number of halogens is 1. The van der Waals surface area contributed by atoms with Gasteiger partial charge < -0.3 is 10.1 Å². The molecule has 0 radical (unpaired) electrons. The maximum atomic E-state index is 13.6. The Morgan fingerprint density at radius 3 is 2.95 bits per heavy atom. The van der Waals surface area contributed by atoms with Crippen LogP contribution in [0.5, 0.6) is 5.75 Å². The van der Waals surface area contributed by atoms with Gasteiger partial charge in [-0.05, 0) is 53.9 Å². The van der Waals surface area contributed by atoms with Gasteiger partial charge in [-0.25, -0.2) is 4.39 Å². The predicted molar refractivity (Wildman–Crippen MR) is 77.5 cm³/mol. The highest BCUT2D eigenvalue weighted by Gasteiger charge is 2.04. The van der Waals surface area contributed by atoms with Gasteiger partial charge in [-0.2, -0.15) is 11.3 Å². The molecule has 0 aliphatic carbocycles. The van der Waals surface area contributed by atoms with Gasteiger partial charge in [0.1, 0.15) is 6.61 Å². The molecule has 2 aromatic rings. The molecule has 0 saturated heterocycles. The Kier molecular flexibility index (Phi) is 5.36. The van der Waals surface area contributed by atoms with E-state index in [1.165, 1.54) is 5.56 Å². The van der Waals surface area contributed by atoms with E-state index < -0.39 is 0 Å². The maximum absolute atomic E-state index is 13.6. The molecule has 0 atom stereocenters. The monoisotopic (exact) mass is 279 g/mol. The van der Waals surface area contributed by atoms with Crippen LogP contribution in [-0.2, 0) is 6.42 Å². The van der Waals surface area contributed by atoms with Crippen molar-refractivity contribution in [3.63, 3.8) is 0 Å². The van der Waals surface area contributed by atoms with Crippen molar-refractivity contribution in [2.75, 3.05) is 19.7 Å². The highest BCUT2D eigenvalue weighted by molar-refractivity contribution is 7.07. The minimum atomic E-state index is -0.263. The van der Waals surface area contributed by atoms with Gasteiger partial charge >= 0.3 is 0 Å². The van der Waals surface area contributed by atoms with Crippen LogP contribution in [0.3, 0.4) is 0 Å². The Morgan fingerprint density at radius 1 is 1.26 bits per heavy atom. The van der Waals surface area contributed by atoms with Gasteiger partial charge in [-0.3, -0.25) is 0 Å². The van der Waals surface area contributed by atoms with Crippen LogP contribution in [0, 0.1) is 12.7 Å². The largest absolute Gasteiger partial charge is 0.489 e. The zero-order chi connectivity index (χ0) is 13.5. The number of ether oxygens (including phenoxy) is 1. The van der Waals surface area contributed by atoms with E-state index in [2.05, 4.69) is 22.1 Å². The molecular formula is C15H18FNOS. The number of rotatable bonds is 7. The smallest absolute Gasteiger partial charge is 0.167 e. The molecule has 0 saturated carbocycles. The Labute approximate surface area is 117 Å². The lowest BCUT2D eigenvalue weighted by Gasteiger charge is -2.09. The van der Waals surface area contributed by atoms with Crippen LogP contribution in [0.25, 0.3) is 0 Å². The van der Waals surface area contributed by atoms with Crippen LogP contribution < -0.4 is 10.1 Å². The molecule has 0 unspecified atom stereocenters. The van der Waals surface area contributed by atoms with Gasteiger partial charge in [-0.1, -0.05) is 12.1 Å². The van der Waals surface area contributed by atoms with E-state index in [-0.39, 0.29) is 5.82 Å². The van der Waals surface area contributed by atoms with Crippen LogP contribution in [0.1, 0.15) is 11.1 Å². The Hall–Kier alpha value is -1.39. The van der Waals surface area contributed by atoms with Crippen molar-refractivity contribution in [1.29, 1.82) is 0 Å². The predicted octanol–water partition coefficient (Wildman–Crippen LogP) is 3.41. The number of benzene rings is 1. The summed E-state index contributed by atoms with van der Waals surface area (Å²) >= 11 is 1.71. The summed E-state index contributed by atoms with van der Waals surface area (Å²) in [7, 11) is 0. The lowest BCUT2D eigenvalue weighted by Crippen LogP contribution is -2.23. The number of nitrogens with one attached hydrogen (secondary N) is 1. The zero-order valence-corrected chi connectivity index (χ0v) is 11.8. The Balaban J connectivity index is 1.63. The molecule has 0 amide bonds. The molecule has 4 heteroatoms. The second-order valence-electron chi connectivity index (χ2n) is 4.37. The van der Waals surface area contributed by atoms with E-state index in [4.69, 9.17) is 4.74 Å². The SMILES string of the molecule is Cc1cccc(OCCNCCc2ccsc2)c1F. The van der Waals surface area contributed by atoms with Gasteiger partial charge in [0.15, 0.2) is 11.6 Å². The molecule has 0 fully saturated rings. The van der Waals surface area contributed by atoms with E-state index in [1.807, 2.05) is 0 Å². The quantitative estimate of drug-likeness (QED) is 0.784. The van der Waals surface area contributed by atoms with Crippen molar-refractivity contribution in [3.05, 3.63) is 52.0 Å². The third-order valence-electron chi connectivity index (χ3n) is 2.86. The molecule has 0 aliphatic rings. The average molecular weight is 279 g/mol. The second kappa shape index (κ2) is 7.26. The van der Waals surface area contributed by atoms with E-state index in [9.17, 15) is 4.39 Å². The van der Waals surface area contributed by atoms with Gasteiger partial charge in [0.2, 0.25) is 0 Å². The topological polar surface area (TPSA) is 21.3 Å². The molecule has 1 heterocycles. The summed E-state index contributed by atoms with van der Waals surface area (Å²) in [6.07, 6.45) is 1.02. The summed E-state index contributed by atoms with van der Waals surface area (Å²) in [5.74, 6) is 0.0698. The van der Waals surface area contributed by atoms with Crippen LogP contribution in [0.4, 0.5) is 4.39 Å². The molecule has 2 rings (SSSR count). The lowest BCUT2D eigenvalue weighted by molar-refractivity contribution is 0.298. The first-order chi connectivity index (χ1) is 9.27. The second-order valence-corrected chi connectivity index (χ2v) is 5.15. The summed E-state index contributed by atoms with van der Waals surface area (Å²) in [6.45, 7) is 3.85. The van der Waals surface area contributed by atoms with Crippen molar-refractivity contribution in [2.24, 2.45) is 0 Å². The third-order valence-corrected chi connectivity index (χ3v) is 3.60. The number of hydrogen-bond acceptors (Lipinski definition) is 3. The van der Waals surface area contributed by atoms with E-state index >= 15 is 0 Å². The van der Waals surface area contributed by atoms with E-state index in [1.54, 1.807) is 36.5 Å². The van der Waals surface area contributed by atoms with Gasteiger partial charge in [0.25, 0.3) is 0 Å². The molecule has 1 N–H and O–H groups in total. The first kappa shape index (κ1) is 14.0. The fourth-order valence-electron chi connectivity index (χ4n) is 1.76. The van der Waals surface area contributed by atoms with Crippen molar-refractivity contribution in [3.8, 4) is 5.75 Å². The van der Waals surface area contributed by atoms with Crippen LogP contribution in [0.2, 0.25) is 0 Å². The van der Waals surface area contributed by atoms with Crippen LogP contribution in [0.15, 0.2) is 35.0 Å². The summed E-state index contributed by atoms with van der Waals surface area (Å²) in [5.41, 5.74) is 1.96. The molecule has 102 valence electrons. The van der Waals surface area contributed by atoms with Crippen molar-refractivity contribution < 1.29 is 9.13 Å². The fraction of sp³-hybridized carbons (Fsp3) is 0.333. The van der Waals surface area contributed by atoms with E-state index in [0.29, 0.717) is 17.9 Å². The first-order valence-corrected chi connectivity index (χ1v) is 7.31. The molecular weight excluding hydrogens is 261 g/mol. The van der Waals surface area contributed by atoms with Gasteiger partial charge in [0.05, 0.1) is 0 Å². The minimum Gasteiger partial charge on any atom is -0.489 e. The summed E-state index contributed by atoms with van der Waals surface area (Å²) in [6, 6.07) is 7.33. The molecule has 19 heavy (non-hydrogen) atoms. The Morgan fingerprint density at radius 2 is 2.16 bits per heavy atom. The molecule has 0 bridgehead atoms. The molecule has 0 aliphatic heterocycles. The number of thiophene rings is 1. The molecule has 1 aromatic heterocycles. The Bertz CT molecular complexity index is 499. The maximum Gasteiger partial charge on any atom is 0.167 e. The number of hydrogen-bond donors (Lipinski definition) is 1. The molecule has 1 aromatic carbocycles.